The minimum Gasteiger partial charge on any atom is -0.230 e. The third-order valence-corrected chi connectivity index (χ3v) is 8.40. The molecule has 20 heavy (non-hydrogen) atoms. The molecule has 110 valence electrons. The van der Waals surface area contributed by atoms with Crippen molar-refractivity contribution in [1.29, 1.82) is 0 Å². The number of aryl methyl sites for hydroxylation is 1. The molecule has 0 amide bonds. The van der Waals surface area contributed by atoms with Gasteiger partial charge in [-0.25, -0.2) is 4.68 Å². The lowest BCUT2D eigenvalue weighted by molar-refractivity contribution is 0.554. The van der Waals surface area contributed by atoms with E-state index < -0.39 is 7.56 Å². The summed E-state index contributed by atoms with van der Waals surface area (Å²) in [5.41, 5.74) is 2.48. The fourth-order valence-corrected chi connectivity index (χ4v) is 5.32. The Morgan fingerprint density at radius 3 is 2.25 bits per heavy atom. The Kier molecular flexibility index (Phi) is 4.48. The van der Waals surface area contributed by atoms with Crippen LogP contribution < -0.4 is 5.44 Å². The lowest BCUT2D eigenvalue weighted by Gasteiger charge is -2.33. The van der Waals surface area contributed by atoms with Gasteiger partial charge in [0, 0.05) is 34.7 Å². The van der Waals surface area contributed by atoms with Gasteiger partial charge in [-0.1, -0.05) is 19.1 Å². The van der Waals surface area contributed by atoms with E-state index in [9.17, 15) is 0 Å². The zero-order chi connectivity index (χ0) is 14.9. The summed E-state index contributed by atoms with van der Waals surface area (Å²) in [7, 11) is 7.13. The Bertz CT molecular complexity index is 581. The van der Waals surface area contributed by atoms with E-state index in [-0.39, 0.29) is 0 Å². The number of hydrogen-bond donors (Lipinski definition) is 0. The second-order valence-corrected chi connectivity index (χ2v) is 9.52. The van der Waals surface area contributed by atoms with Crippen molar-refractivity contribution in [2.45, 2.75) is 19.9 Å². The largest absolute Gasteiger partial charge is 0.230 e. The van der Waals surface area contributed by atoms with Crippen molar-refractivity contribution in [2.24, 2.45) is 0 Å². The summed E-state index contributed by atoms with van der Waals surface area (Å²) < 4.78 is 6.95. The van der Waals surface area contributed by atoms with Crippen molar-refractivity contribution in [2.75, 3.05) is 34.9 Å². The van der Waals surface area contributed by atoms with Crippen LogP contribution in [0.5, 0.6) is 0 Å². The van der Waals surface area contributed by atoms with Crippen LogP contribution in [0.25, 0.3) is 10.9 Å². The molecule has 0 aliphatic carbocycles. The van der Waals surface area contributed by atoms with Crippen LogP contribution >= 0.6 is 7.56 Å². The average molecular weight is 293 g/mol. The molecule has 0 bridgehead atoms. The lowest BCUT2D eigenvalue weighted by Crippen LogP contribution is -2.37. The van der Waals surface area contributed by atoms with E-state index in [0.29, 0.717) is 0 Å². The summed E-state index contributed by atoms with van der Waals surface area (Å²) in [6, 6.07) is 8.49. The lowest BCUT2D eigenvalue weighted by atomic mass is 10.3. The molecule has 0 N–H and O–H groups in total. The molecule has 0 atom stereocenters. The van der Waals surface area contributed by atoms with Crippen molar-refractivity contribution in [3.8, 4) is 0 Å². The standard InChI is InChI=1S/C15H26N4P/c1-7-12-19-15(20(6,17(2)3)18(4)5)13-10-8-9-11-14(13)16-19/h8-11H,7,12H2,1-6H3/q+1. The van der Waals surface area contributed by atoms with Crippen LogP contribution in [0.1, 0.15) is 13.3 Å². The molecule has 0 fully saturated rings. The highest BCUT2D eigenvalue weighted by Crippen LogP contribution is 2.58. The highest BCUT2D eigenvalue weighted by Gasteiger charge is 2.46. The quantitative estimate of drug-likeness (QED) is 0.792. The van der Waals surface area contributed by atoms with E-state index >= 15 is 0 Å². The third kappa shape index (κ3) is 2.37. The third-order valence-electron chi connectivity index (χ3n) is 4.01. The van der Waals surface area contributed by atoms with Crippen molar-refractivity contribution >= 4 is 23.9 Å². The van der Waals surface area contributed by atoms with Crippen LogP contribution in [0.4, 0.5) is 0 Å². The normalized spacial score (nSPS) is 12.8. The Labute approximate surface area is 122 Å². The maximum absolute atomic E-state index is 4.82. The summed E-state index contributed by atoms with van der Waals surface area (Å²) in [5, 5.41) is 6.12. The minimum atomic E-state index is -1.56. The Hall–Kier alpha value is -0.960. The molecule has 0 spiro atoms. The Balaban J connectivity index is 2.75. The number of fused-ring (bicyclic) bond motifs is 1. The predicted molar refractivity (Wildman–Crippen MR) is 89.9 cm³/mol. The van der Waals surface area contributed by atoms with Crippen LogP contribution in [0.15, 0.2) is 24.3 Å². The SMILES string of the molecule is CCCn1nc2ccccc2c1[P+](C)(N(C)C)N(C)C. The fraction of sp³-hybridized carbons (Fsp3) is 0.533. The topological polar surface area (TPSA) is 24.3 Å². The minimum absolute atomic E-state index is 0.973. The summed E-state index contributed by atoms with van der Waals surface area (Å²) in [6.07, 6.45) is 1.10. The van der Waals surface area contributed by atoms with Crippen molar-refractivity contribution in [3.63, 3.8) is 0 Å². The number of benzene rings is 1. The van der Waals surface area contributed by atoms with E-state index in [2.05, 4.69) is 80.1 Å². The molecule has 0 aliphatic rings. The van der Waals surface area contributed by atoms with Crippen LogP contribution in [0.2, 0.25) is 0 Å². The summed E-state index contributed by atoms with van der Waals surface area (Å²) >= 11 is 0. The van der Waals surface area contributed by atoms with Crippen LogP contribution in [0.3, 0.4) is 0 Å². The molecule has 1 aromatic heterocycles. The van der Waals surface area contributed by atoms with Gasteiger partial charge in [0.2, 0.25) is 13.0 Å². The molecular formula is C15H26N4P+. The average Bonchev–Trinajstić information content (AvgIpc) is 2.76. The zero-order valence-corrected chi connectivity index (χ0v) is 14.4. The maximum atomic E-state index is 4.82. The Morgan fingerprint density at radius 2 is 1.70 bits per heavy atom. The first-order chi connectivity index (χ1) is 9.42. The van der Waals surface area contributed by atoms with Gasteiger partial charge in [0.1, 0.15) is 0 Å². The number of aromatic nitrogens is 2. The fourth-order valence-electron chi connectivity index (χ4n) is 2.62. The molecule has 5 heteroatoms. The van der Waals surface area contributed by atoms with Crippen molar-refractivity contribution in [3.05, 3.63) is 24.3 Å². The van der Waals surface area contributed by atoms with Gasteiger partial charge in [-0.2, -0.15) is 14.4 Å². The molecule has 0 saturated heterocycles. The number of hydrogen-bond acceptors (Lipinski definition) is 3. The smallest absolute Gasteiger partial charge is 0.224 e. The first-order valence-corrected chi connectivity index (χ1v) is 9.25. The predicted octanol–water partition coefficient (Wildman–Crippen LogP) is 2.67. The monoisotopic (exact) mass is 293 g/mol. The highest BCUT2D eigenvalue weighted by atomic mass is 31.2. The van der Waals surface area contributed by atoms with Gasteiger partial charge >= 0.3 is 0 Å². The van der Waals surface area contributed by atoms with E-state index in [1.807, 2.05) is 0 Å². The van der Waals surface area contributed by atoms with Crippen molar-refractivity contribution < 1.29 is 0 Å². The maximum Gasteiger partial charge on any atom is 0.224 e. The van der Waals surface area contributed by atoms with E-state index in [4.69, 9.17) is 5.10 Å². The molecule has 4 nitrogen and oxygen atoms in total. The molecule has 0 aliphatic heterocycles. The first kappa shape index (κ1) is 15.4. The van der Waals surface area contributed by atoms with Gasteiger partial charge in [-0.3, -0.25) is 0 Å². The molecule has 2 aromatic rings. The molecular weight excluding hydrogens is 267 g/mol. The highest BCUT2D eigenvalue weighted by molar-refractivity contribution is 7.78. The molecule has 0 radical (unpaired) electrons. The van der Waals surface area contributed by atoms with Gasteiger partial charge in [0.15, 0.2) is 0 Å². The van der Waals surface area contributed by atoms with Gasteiger partial charge in [0.05, 0.1) is 17.6 Å². The molecule has 1 aromatic carbocycles. The van der Waals surface area contributed by atoms with E-state index in [1.54, 1.807) is 0 Å². The van der Waals surface area contributed by atoms with Crippen LogP contribution in [-0.4, -0.2) is 54.0 Å². The van der Waals surface area contributed by atoms with Gasteiger partial charge in [0.25, 0.3) is 0 Å². The summed E-state index contributed by atoms with van der Waals surface area (Å²) in [6.45, 7) is 5.54. The molecule has 2 rings (SSSR count). The molecule has 0 saturated carbocycles. The second-order valence-electron chi connectivity index (χ2n) is 5.67. The number of nitrogens with zero attached hydrogens (tertiary/aromatic N) is 4. The van der Waals surface area contributed by atoms with Crippen molar-refractivity contribution in [1.82, 2.24) is 19.1 Å². The number of rotatable bonds is 5. The van der Waals surface area contributed by atoms with Gasteiger partial charge in [-0.05, 0) is 18.6 Å². The van der Waals surface area contributed by atoms with Crippen LogP contribution in [-0.2, 0) is 6.54 Å². The molecule has 1 heterocycles. The van der Waals surface area contributed by atoms with Gasteiger partial charge in [-0.15, -0.1) is 0 Å². The van der Waals surface area contributed by atoms with Crippen LogP contribution in [0, 0.1) is 0 Å². The molecule has 0 unspecified atom stereocenters. The Morgan fingerprint density at radius 1 is 1.10 bits per heavy atom. The second kappa shape index (κ2) is 5.80. The summed E-state index contributed by atoms with van der Waals surface area (Å²) in [4.78, 5) is 0. The zero-order valence-electron chi connectivity index (χ0n) is 13.5. The first-order valence-electron chi connectivity index (χ1n) is 7.11. The summed E-state index contributed by atoms with van der Waals surface area (Å²) in [5.74, 6) is 0. The van der Waals surface area contributed by atoms with E-state index in [1.165, 1.54) is 10.8 Å². The van der Waals surface area contributed by atoms with E-state index in [0.717, 1.165) is 18.5 Å². The van der Waals surface area contributed by atoms with Gasteiger partial charge < -0.3 is 0 Å².